The molecule has 0 saturated heterocycles. The molecule has 1 amide bonds. The average Bonchev–Trinajstić information content (AvgIpc) is 3.32. The van der Waals surface area contributed by atoms with Gasteiger partial charge in [-0.1, -0.05) is 31.2 Å². The molecule has 1 heterocycles. The monoisotopic (exact) mass is 521 g/mol. The smallest absolute Gasteiger partial charge is 0.243 e. The Morgan fingerprint density at radius 1 is 0.941 bits per heavy atom. The van der Waals surface area contributed by atoms with Crippen LogP contribution in [-0.4, -0.2) is 39.6 Å². The third-order valence-electron chi connectivity index (χ3n) is 5.03. The standard InChI is InChI=1S/C23H27N3O5S3/c1-3-18(2)25-33(28,29)21-11-13-22(14-12-21)34(30,31)26(16-20-10-7-15-32-20)17-23(27)24-19-8-5-4-6-9-19/h4-15,18,25H,3,16-17H2,1-2H3,(H,24,27). The topological polar surface area (TPSA) is 113 Å². The zero-order valence-electron chi connectivity index (χ0n) is 18.8. The highest BCUT2D eigenvalue weighted by Crippen LogP contribution is 2.22. The first-order valence-electron chi connectivity index (χ1n) is 10.6. The summed E-state index contributed by atoms with van der Waals surface area (Å²) in [5, 5.41) is 4.53. The van der Waals surface area contributed by atoms with Crippen molar-refractivity contribution in [1.82, 2.24) is 9.03 Å². The summed E-state index contributed by atoms with van der Waals surface area (Å²) in [6, 6.07) is 17.1. The third-order valence-corrected chi connectivity index (χ3v) is 9.30. The fraction of sp³-hybridized carbons (Fsp3) is 0.261. The summed E-state index contributed by atoms with van der Waals surface area (Å²) in [7, 11) is -7.86. The number of nitrogens with zero attached hydrogens (tertiary/aromatic N) is 1. The minimum absolute atomic E-state index is 0.0117. The molecule has 0 radical (unpaired) electrons. The lowest BCUT2D eigenvalue weighted by molar-refractivity contribution is -0.116. The molecule has 0 aliphatic carbocycles. The second kappa shape index (κ2) is 11.2. The van der Waals surface area contributed by atoms with Gasteiger partial charge in [0, 0.05) is 23.2 Å². The van der Waals surface area contributed by atoms with Gasteiger partial charge in [-0.2, -0.15) is 4.31 Å². The van der Waals surface area contributed by atoms with Crippen LogP contribution in [0.25, 0.3) is 0 Å². The lowest BCUT2D eigenvalue weighted by Gasteiger charge is -2.21. The first kappa shape index (κ1) is 26.0. The fourth-order valence-corrected chi connectivity index (χ4v) is 6.54. The largest absolute Gasteiger partial charge is 0.325 e. The number of thiophene rings is 1. The third kappa shape index (κ3) is 6.73. The molecular weight excluding hydrogens is 494 g/mol. The Hall–Kier alpha value is -2.57. The van der Waals surface area contributed by atoms with Crippen LogP contribution in [0.15, 0.2) is 81.9 Å². The van der Waals surface area contributed by atoms with Crippen molar-refractivity contribution in [2.75, 3.05) is 11.9 Å². The lowest BCUT2D eigenvalue weighted by atomic mass is 10.3. The summed E-state index contributed by atoms with van der Waals surface area (Å²) < 4.78 is 55.5. The van der Waals surface area contributed by atoms with Crippen LogP contribution in [0, 0.1) is 0 Å². The van der Waals surface area contributed by atoms with Crippen LogP contribution in [0.5, 0.6) is 0 Å². The van der Waals surface area contributed by atoms with E-state index >= 15 is 0 Å². The van der Waals surface area contributed by atoms with E-state index in [1.807, 2.05) is 18.4 Å². The molecule has 0 fully saturated rings. The molecule has 3 rings (SSSR count). The van der Waals surface area contributed by atoms with Crippen LogP contribution in [-0.2, 0) is 31.4 Å². The van der Waals surface area contributed by atoms with Crippen LogP contribution in [0.3, 0.4) is 0 Å². The molecule has 1 atom stereocenters. The summed E-state index contributed by atoms with van der Waals surface area (Å²) in [6.07, 6.45) is 0.619. The van der Waals surface area contributed by atoms with Crippen molar-refractivity contribution in [3.8, 4) is 0 Å². The van der Waals surface area contributed by atoms with Gasteiger partial charge in [-0.15, -0.1) is 11.3 Å². The molecule has 1 aromatic heterocycles. The maximum absolute atomic E-state index is 13.4. The Labute approximate surface area is 204 Å². The summed E-state index contributed by atoms with van der Waals surface area (Å²) >= 11 is 1.38. The van der Waals surface area contributed by atoms with E-state index in [-0.39, 0.29) is 22.4 Å². The number of nitrogens with one attached hydrogen (secondary N) is 2. The van der Waals surface area contributed by atoms with Gasteiger partial charge in [0.1, 0.15) is 0 Å². The summed E-state index contributed by atoms with van der Waals surface area (Å²) in [6.45, 7) is 3.22. The second-order valence-corrected chi connectivity index (χ2v) is 12.4. The molecule has 1 unspecified atom stereocenters. The van der Waals surface area contributed by atoms with Crippen molar-refractivity contribution in [2.45, 2.75) is 42.6 Å². The van der Waals surface area contributed by atoms with Crippen LogP contribution in [0.4, 0.5) is 5.69 Å². The molecule has 8 nitrogen and oxygen atoms in total. The minimum atomic E-state index is -4.09. The van der Waals surface area contributed by atoms with E-state index in [1.54, 1.807) is 43.3 Å². The predicted molar refractivity (Wildman–Crippen MR) is 134 cm³/mol. The number of benzene rings is 2. The number of anilines is 1. The summed E-state index contributed by atoms with van der Waals surface area (Å²) in [5.41, 5.74) is 0.560. The molecule has 34 heavy (non-hydrogen) atoms. The number of para-hydroxylation sites is 1. The maximum Gasteiger partial charge on any atom is 0.243 e. The number of hydrogen-bond acceptors (Lipinski definition) is 6. The van der Waals surface area contributed by atoms with Gasteiger partial charge in [-0.3, -0.25) is 4.79 Å². The molecule has 2 N–H and O–H groups in total. The molecule has 0 aliphatic heterocycles. The van der Waals surface area contributed by atoms with Crippen molar-refractivity contribution in [3.05, 3.63) is 77.0 Å². The van der Waals surface area contributed by atoms with E-state index in [9.17, 15) is 21.6 Å². The number of sulfonamides is 2. The van der Waals surface area contributed by atoms with Crippen LogP contribution in [0.1, 0.15) is 25.1 Å². The van der Waals surface area contributed by atoms with E-state index in [1.165, 1.54) is 35.6 Å². The molecule has 0 bridgehead atoms. The molecule has 11 heteroatoms. The van der Waals surface area contributed by atoms with E-state index in [0.717, 1.165) is 9.18 Å². The van der Waals surface area contributed by atoms with Crippen LogP contribution >= 0.6 is 11.3 Å². The van der Waals surface area contributed by atoms with Gasteiger partial charge in [0.15, 0.2) is 0 Å². The maximum atomic E-state index is 13.4. The van der Waals surface area contributed by atoms with Gasteiger partial charge in [0.2, 0.25) is 26.0 Å². The van der Waals surface area contributed by atoms with Gasteiger partial charge < -0.3 is 5.32 Å². The van der Waals surface area contributed by atoms with Crippen LogP contribution < -0.4 is 10.0 Å². The van der Waals surface area contributed by atoms with Gasteiger partial charge in [-0.25, -0.2) is 21.6 Å². The molecule has 0 aliphatic rings. The Kier molecular flexibility index (Phi) is 8.61. The highest BCUT2D eigenvalue weighted by atomic mass is 32.2. The molecule has 0 spiro atoms. The number of hydrogen-bond donors (Lipinski definition) is 2. The Morgan fingerprint density at radius 2 is 1.59 bits per heavy atom. The lowest BCUT2D eigenvalue weighted by Crippen LogP contribution is -2.37. The zero-order chi connectivity index (χ0) is 24.8. The fourth-order valence-electron chi connectivity index (χ4n) is 3.04. The molecule has 3 aromatic rings. The highest BCUT2D eigenvalue weighted by molar-refractivity contribution is 7.89. The number of carbonyl (C=O) groups is 1. The second-order valence-electron chi connectivity index (χ2n) is 7.67. The Morgan fingerprint density at radius 3 is 2.18 bits per heavy atom. The predicted octanol–water partition coefficient (Wildman–Crippen LogP) is 3.65. The van der Waals surface area contributed by atoms with Crippen molar-refractivity contribution >= 4 is 43.0 Å². The SMILES string of the molecule is CCC(C)NS(=O)(=O)c1ccc(S(=O)(=O)N(CC(=O)Nc2ccccc2)Cc2cccs2)cc1. The zero-order valence-corrected chi connectivity index (χ0v) is 21.3. The van der Waals surface area contributed by atoms with Gasteiger partial charge in [0.25, 0.3) is 0 Å². The molecule has 182 valence electrons. The number of carbonyl (C=O) groups excluding carboxylic acids is 1. The molecule has 0 saturated carbocycles. The van der Waals surface area contributed by atoms with Crippen LogP contribution in [0.2, 0.25) is 0 Å². The van der Waals surface area contributed by atoms with Gasteiger partial charge in [0.05, 0.1) is 16.3 Å². The van der Waals surface area contributed by atoms with E-state index in [2.05, 4.69) is 10.0 Å². The Balaban J connectivity index is 1.85. The van der Waals surface area contributed by atoms with Crippen molar-refractivity contribution in [2.24, 2.45) is 0 Å². The minimum Gasteiger partial charge on any atom is -0.325 e. The van der Waals surface area contributed by atoms with E-state index in [0.29, 0.717) is 12.1 Å². The highest BCUT2D eigenvalue weighted by Gasteiger charge is 2.28. The van der Waals surface area contributed by atoms with Gasteiger partial charge >= 0.3 is 0 Å². The Bertz CT molecular complexity index is 1290. The average molecular weight is 522 g/mol. The quantitative estimate of drug-likeness (QED) is 0.400. The van der Waals surface area contributed by atoms with Crippen molar-refractivity contribution in [1.29, 1.82) is 0 Å². The van der Waals surface area contributed by atoms with E-state index < -0.39 is 32.5 Å². The van der Waals surface area contributed by atoms with Crippen molar-refractivity contribution in [3.63, 3.8) is 0 Å². The number of rotatable bonds is 11. The summed E-state index contributed by atoms with van der Waals surface area (Å²) in [5.74, 6) is -0.483. The first-order valence-corrected chi connectivity index (χ1v) is 14.4. The summed E-state index contributed by atoms with van der Waals surface area (Å²) in [4.78, 5) is 13.3. The number of amides is 1. The normalized spacial score (nSPS) is 13.0. The molecule has 2 aromatic carbocycles. The van der Waals surface area contributed by atoms with E-state index in [4.69, 9.17) is 0 Å². The van der Waals surface area contributed by atoms with Gasteiger partial charge in [-0.05, 0) is 61.2 Å². The van der Waals surface area contributed by atoms with Crippen molar-refractivity contribution < 1.29 is 21.6 Å². The molecular formula is C23H27N3O5S3. The first-order chi connectivity index (χ1) is 16.1.